The van der Waals surface area contributed by atoms with Crippen molar-refractivity contribution in [1.82, 2.24) is 14.5 Å². The van der Waals surface area contributed by atoms with Gasteiger partial charge in [-0.3, -0.25) is 9.59 Å². The minimum absolute atomic E-state index is 0.149. The molecule has 0 aliphatic carbocycles. The van der Waals surface area contributed by atoms with Crippen LogP contribution in [0.2, 0.25) is 0 Å². The highest BCUT2D eigenvalue weighted by Crippen LogP contribution is 2.16. The topological polar surface area (TPSA) is 67.8 Å². The van der Waals surface area contributed by atoms with E-state index in [1.165, 1.54) is 0 Å². The van der Waals surface area contributed by atoms with Crippen LogP contribution < -0.4 is 11.0 Å². The van der Waals surface area contributed by atoms with Gasteiger partial charge in [-0.2, -0.15) is 0 Å². The van der Waals surface area contributed by atoms with Crippen LogP contribution in [0.3, 0.4) is 0 Å². The molecule has 0 radical (unpaired) electrons. The van der Waals surface area contributed by atoms with E-state index in [-0.39, 0.29) is 16.4 Å². The van der Waals surface area contributed by atoms with Crippen LogP contribution in [0, 0.1) is 6.92 Å². The number of aromatic nitrogens is 3. The molecule has 108 valence electrons. The van der Waals surface area contributed by atoms with E-state index in [4.69, 9.17) is 0 Å². The Morgan fingerprint density at radius 2 is 2.00 bits per heavy atom. The summed E-state index contributed by atoms with van der Waals surface area (Å²) >= 11 is 0. The Kier molecular flexibility index (Phi) is 3.33. The Morgan fingerprint density at radius 3 is 2.76 bits per heavy atom. The third-order valence-corrected chi connectivity index (χ3v) is 3.68. The maximum atomic E-state index is 12.6. The van der Waals surface area contributed by atoms with Crippen molar-refractivity contribution in [3.63, 3.8) is 0 Å². The summed E-state index contributed by atoms with van der Waals surface area (Å²) in [6.07, 6.45) is 2.00. The summed E-state index contributed by atoms with van der Waals surface area (Å²) in [5.41, 5.74) is 0.704. The second-order valence-electron chi connectivity index (χ2n) is 5.20. The highest BCUT2D eigenvalue weighted by Gasteiger charge is 2.14. The molecule has 0 bridgehead atoms. The molecule has 0 saturated carbocycles. The molecule has 1 aromatic carbocycles. The first kappa shape index (κ1) is 13.5. The smallest absolute Gasteiger partial charge is 0.264 e. The molecule has 0 saturated heterocycles. The van der Waals surface area contributed by atoms with Gasteiger partial charge in [-0.15, -0.1) is 0 Å². The predicted molar refractivity (Wildman–Crippen MR) is 83.8 cm³/mol. The lowest BCUT2D eigenvalue weighted by Crippen LogP contribution is -2.22. The SMILES string of the molecule is CCCCn1c2ccccc2c(=O)c2c(=O)[nH]c(C)nc21. The highest BCUT2D eigenvalue weighted by molar-refractivity contribution is 5.91. The molecule has 0 spiro atoms. The number of nitrogens with zero attached hydrogens (tertiary/aromatic N) is 2. The summed E-state index contributed by atoms with van der Waals surface area (Å²) in [6.45, 7) is 4.58. The molecule has 1 N–H and O–H groups in total. The predicted octanol–water partition coefficient (Wildman–Crippen LogP) is 2.35. The monoisotopic (exact) mass is 283 g/mol. The molecular weight excluding hydrogens is 266 g/mol. The average molecular weight is 283 g/mol. The molecule has 2 aromatic heterocycles. The Bertz CT molecular complexity index is 938. The van der Waals surface area contributed by atoms with E-state index in [1.54, 1.807) is 13.0 Å². The summed E-state index contributed by atoms with van der Waals surface area (Å²) in [5, 5.41) is 0.715. The second-order valence-corrected chi connectivity index (χ2v) is 5.20. The molecular formula is C16H17N3O2. The average Bonchev–Trinajstić information content (AvgIpc) is 2.46. The lowest BCUT2D eigenvalue weighted by Gasteiger charge is -2.13. The number of nitrogens with one attached hydrogen (secondary N) is 1. The van der Waals surface area contributed by atoms with Gasteiger partial charge in [0.15, 0.2) is 5.65 Å². The minimum Gasteiger partial charge on any atom is -0.325 e. The lowest BCUT2D eigenvalue weighted by molar-refractivity contribution is 0.657. The van der Waals surface area contributed by atoms with Gasteiger partial charge in [0.2, 0.25) is 5.43 Å². The zero-order chi connectivity index (χ0) is 15.0. The van der Waals surface area contributed by atoms with Crippen molar-refractivity contribution in [3.05, 3.63) is 50.7 Å². The fraction of sp³-hybridized carbons (Fsp3) is 0.312. The van der Waals surface area contributed by atoms with Crippen molar-refractivity contribution in [1.29, 1.82) is 0 Å². The molecule has 21 heavy (non-hydrogen) atoms. The Balaban J connectivity index is 2.55. The molecule has 0 aliphatic heterocycles. The van der Waals surface area contributed by atoms with Crippen molar-refractivity contribution in [2.75, 3.05) is 0 Å². The minimum atomic E-state index is -0.362. The summed E-state index contributed by atoms with van der Waals surface area (Å²) in [6, 6.07) is 7.38. The maximum absolute atomic E-state index is 12.6. The number of fused-ring (bicyclic) bond motifs is 2. The largest absolute Gasteiger partial charge is 0.325 e. The van der Waals surface area contributed by atoms with Crippen LogP contribution in [-0.4, -0.2) is 14.5 Å². The van der Waals surface area contributed by atoms with Gasteiger partial charge in [0.1, 0.15) is 11.2 Å². The van der Waals surface area contributed by atoms with Crippen LogP contribution in [-0.2, 0) is 6.54 Å². The van der Waals surface area contributed by atoms with Gasteiger partial charge in [0.05, 0.1) is 5.52 Å². The van der Waals surface area contributed by atoms with E-state index in [1.807, 2.05) is 22.8 Å². The van der Waals surface area contributed by atoms with Crippen LogP contribution >= 0.6 is 0 Å². The van der Waals surface area contributed by atoms with Crippen LogP contribution in [0.4, 0.5) is 0 Å². The summed E-state index contributed by atoms with van der Waals surface area (Å²) in [5.74, 6) is 0.521. The molecule has 0 fully saturated rings. The number of benzene rings is 1. The second kappa shape index (κ2) is 5.16. The van der Waals surface area contributed by atoms with Gasteiger partial charge in [-0.1, -0.05) is 25.5 Å². The summed E-state index contributed by atoms with van der Waals surface area (Å²) < 4.78 is 1.98. The van der Waals surface area contributed by atoms with Crippen LogP contribution in [0.25, 0.3) is 21.9 Å². The highest BCUT2D eigenvalue weighted by atomic mass is 16.1. The third-order valence-electron chi connectivity index (χ3n) is 3.68. The molecule has 5 heteroatoms. The molecule has 0 unspecified atom stereocenters. The van der Waals surface area contributed by atoms with Crippen molar-refractivity contribution in [2.45, 2.75) is 33.2 Å². The van der Waals surface area contributed by atoms with E-state index < -0.39 is 0 Å². The number of hydrogen-bond donors (Lipinski definition) is 1. The maximum Gasteiger partial charge on any atom is 0.264 e. The van der Waals surface area contributed by atoms with E-state index in [9.17, 15) is 9.59 Å². The molecule has 2 heterocycles. The standard InChI is InChI=1S/C16H17N3O2/c1-3-4-9-19-12-8-6-5-7-11(12)14(20)13-15(19)17-10(2)18-16(13)21/h5-8H,3-4,9H2,1-2H3,(H,17,18,21). The Labute approximate surface area is 121 Å². The Morgan fingerprint density at radius 1 is 1.24 bits per heavy atom. The van der Waals surface area contributed by atoms with Crippen LogP contribution in [0.5, 0.6) is 0 Å². The van der Waals surface area contributed by atoms with Crippen LogP contribution in [0.1, 0.15) is 25.6 Å². The number of aryl methyl sites for hydroxylation is 2. The first-order valence-corrected chi connectivity index (χ1v) is 7.15. The van der Waals surface area contributed by atoms with E-state index in [0.29, 0.717) is 16.9 Å². The normalized spacial score (nSPS) is 11.3. The quantitative estimate of drug-likeness (QED) is 0.750. The number of aromatic amines is 1. The van der Waals surface area contributed by atoms with Crippen molar-refractivity contribution >= 4 is 21.9 Å². The lowest BCUT2D eigenvalue weighted by atomic mass is 10.1. The zero-order valence-corrected chi connectivity index (χ0v) is 12.1. The van der Waals surface area contributed by atoms with Gasteiger partial charge in [-0.25, -0.2) is 4.98 Å². The van der Waals surface area contributed by atoms with Gasteiger partial charge in [-0.05, 0) is 25.5 Å². The van der Waals surface area contributed by atoms with E-state index in [2.05, 4.69) is 16.9 Å². The third kappa shape index (κ3) is 2.14. The van der Waals surface area contributed by atoms with Gasteiger partial charge < -0.3 is 9.55 Å². The molecule has 0 amide bonds. The van der Waals surface area contributed by atoms with Crippen molar-refractivity contribution < 1.29 is 0 Å². The fourth-order valence-electron chi connectivity index (χ4n) is 2.66. The van der Waals surface area contributed by atoms with Crippen LogP contribution in [0.15, 0.2) is 33.9 Å². The van der Waals surface area contributed by atoms with E-state index >= 15 is 0 Å². The van der Waals surface area contributed by atoms with Crippen molar-refractivity contribution in [2.24, 2.45) is 0 Å². The first-order chi connectivity index (χ1) is 10.1. The Hall–Kier alpha value is -2.43. The van der Waals surface area contributed by atoms with Gasteiger partial charge in [0, 0.05) is 11.9 Å². The number of pyridine rings is 1. The molecule has 0 atom stereocenters. The first-order valence-electron chi connectivity index (χ1n) is 7.15. The van der Waals surface area contributed by atoms with Gasteiger partial charge in [0.25, 0.3) is 5.56 Å². The summed E-state index contributed by atoms with van der Waals surface area (Å²) in [7, 11) is 0. The number of para-hydroxylation sites is 1. The number of hydrogen-bond acceptors (Lipinski definition) is 3. The van der Waals surface area contributed by atoms with Crippen molar-refractivity contribution in [3.8, 4) is 0 Å². The zero-order valence-electron chi connectivity index (χ0n) is 12.1. The fourth-order valence-corrected chi connectivity index (χ4v) is 2.66. The number of unbranched alkanes of at least 4 members (excludes halogenated alkanes) is 1. The number of rotatable bonds is 3. The molecule has 3 rings (SSSR count). The molecule has 5 nitrogen and oxygen atoms in total. The molecule has 3 aromatic rings. The van der Waals surface area contributed by atoms with Gasteiger partial charge >= 0.3 is 0 Å². The van der Waals surface area contributed by atoms with E-state index in [0.717, 1.165) is 24.9 Å². The molecule has 0 aliphatic rings. The number of H-pyrrole nitrogens is 1. The summed E-state index contributed by atoms with van der Waals surface area (Å²) in [4.78, 5) is 31.8.